The molecule has 3 aromatic rings. The van der Waals surface area contributed by atoms with Crippen molar-refractivity contribution in [2.24, 2.45) is 0 Å². The number of aromatic nitrogens is 4. The Morgan fingerprint density at radius 2 is 1.77 bits per heavy atom. The van der Waals surface area contributed by atoms with E-state index in [9.17, 15) is 22.8 Å². The number of imidazole rings is 1. The summed E-state index contributed by atoms with van der Waals surface area (Å²) in [6.45, 7) is 4.92. The molecule has 14 nitrogen and oxygen atoms in total. The number of carbonyl (C=O) groups excluding carboxylic acids is 3. The van der Waals surface area contributed by atoms with Crippen molar-refractivity contribution in [3.05, 3.63) is 41.3 Å². The van der Waals surface area contributed by atoms with Crippen molar-refractivity contribution in [2.75, 3.05) is 11.9 Å². The van der Waals surface area contributed by atoms with Crippen LogP contribution in [0.3, 0.4) is 0 Å². The molecule has 16 heteroatoms. The Morgan fingerprint density at radius 1 is 1.08 bits per heavy atom. The van der Waals surface area contributed by atoms with Crippen LogP contribution in [-0.4, -0.2) is 70.7 Å². The molecule has 1 aliphatic heterocycles. The van der Waals surface area contributed by atoms with Crippen molar-refractivity contribution in [3.63, 3.8) is 0 Å². The van der Waals surface area contributed by atoms with Crippen LogP contribution in [-0.2, 0) is 42.9 Å². The maximum Gasteiger partial charge on any atom is 0.303 e. The molecule has 3 heterocycles. The van der Waals surface area contributed by atoms with Crippen LogP contribution in [0.25, 0.3) is 11.2 Å². The normalized spacial score (nSPS) is 21.1. The minimum atomic E-state index is -4.39. The number of rotatable bonds is 8. The Labute approximate surface area is 227 Å². The fourth-order valence-corrected chi connectivity index (χ4v) is 5.21. The minimum absolute atomic E-state index is 0.0779. The minimum Gasteiger partial charge on any atom is -0.463 e. The van der Waals surface area contributed by atoms with Gasteiger partial charge in [-0.1, -0.05) is 29.3 Å². The molecule has 0 bridgehead atoms. The van der Waals surface area contributed by atoms with E-state index >= 15 is 0 Å². The Balaban J connectivity index is 1.78. The number of aryl methyl sites for hydroxylation is 1. The number of esters is 2. The molecule has 1 amide bonds. The predicted octanol–water partition coefficient (Wildman–Crippen LogP) is 1.91. The lowest BCUT2D eigenvalue weighted by Crippen LogP contribution is -2.41. The highest BCUT2D eigenvalue weighted by Crippen LogP contribution is 2.38. The molecular formula is C23H24ClN5O9S. The van der Waals surface area contributed by atoms with Gasteiger partial charge < -0.3 is 14.2 Å². The highest BCUT2D eigenvalue weighted by Gasteiger charge is 2.52. The number of fused-ring (bicyclic) bond motifs is 1. The molecule has 0 aliphatic carbocycles. The van der Waals surface area contributed by atoms with Crippen molar-refractivity contribution >= 4 is 56.7 Å². The van der Waals surface area contributed by atoms with Crippen molar-refractivity contribution in [1.29, 1.82) is 0 Å². The maximum atomic E-state index is 13.2. The summed E-state index contributed by atoms with van der Waals surface area (Å²) in [5, 5.41) is 2.33. The monoisotopic (exact) mass is 581 g/mol. The molecule has 208 valence electrons. The fraction of sp³-hybridized carbons (Fsp3) is 0.391. The molecule has 39 heavy (non-hydrogen) atoms. The first-order valence-electron chi connectivity index (χ1n) is 11.5. The molecular weight excluding hydrogens is 558 g/mol. The summed E-state index contributed by atoms with van der Waals surface area (Å²) in [5.41, 5.74) is 1.04. The number of amides is 1. The van der Waals surface area contributed by atoms with Crippen molar-refractivity contribution < 1.29 is 41.2 Å². The standard InChI is InChI=1S/C23H24ClN5O9S/c1-11-5-7-15(8-6-11)39(33,34)38-18-16(9-35-13(3)31)37-22(19(18)36-14(4)32)29-10-25-17-20(24)27-23(26-12(2)30)28-21(17)29/h5-8,10,16,18-19,22H,9H2,1-4H3,(H,26,27,28,30)/t16-,18+,19-,22-/m1/s1. The number of halogens is 1. The van der Waals surface area contributed by atoms with Crippen LogP contribution in [0.15, 0.2) is 35.5 Å². The SMILES string of the molecule is CC(=O)Nc1nc(Cl)c2ncn([C@@H]3O[C@H](COC(C)=O)[C@H](OS(=O)(=O)c4ccc(C)cc4)[C@H]3OC(C)=O)c2n1. The molecule has 0 spiro atoms. The summed E-state index contributed by atoms with van der Waals surface area (Å²) in [7, 11) is -4.39. The molecule has 1 N–H and O–H groups in total. The highest BCUT2D eigenvalue weighted by molar-refractivity contribution is 7.86. The summed E-state index contributed by atoms with van der Waals surface area (Å²) in [6, 6.07) is 5.92. The van der Waals surface area contributed by atoms with Gasteiger partial charge in [-0.2, -0.15) is 18.4 Å². The first-order valence-corrected chi connectivity index (χ1v) is 13.3. The Morgan fingerprint density at radius 3 is 2.38 bits per heavy atom. The van der Waals surface area contributed by atoms with Gasteiger partial charge in [-0.05, 0) is 19.1 Å². The lowest BCUT2D eigenvalue weighted by atomic mass is 10.1. The van der Waals surface area contributed by atoms with E-state index in [1.165, 1.54) is 36.9 Å². The van der Waals surface area contributed by atoms with E-state index in [1.54, 1.807) is 19.1 Å². The second-order valence-electron chi connectivity index (χ2n) is 8.61. The molecule has 0 unspecified atom stereocenters. The average molecular weight is 582 g/mol. The fourth-order valence-electron chi connectivity index (χ4n) is 3.89. The van der Waals surface area contributed by atoms with Gasteiger partial charge in [0.1, 0.15) is 24.3 Å². The van der Waals surface area contributed by atoms with E-state index in [2.05, 4.69) is 20.3 Å². The molecule has 4 atom stereocenters. The summed E-state index contributed by atoms with van der Waals surface area (Å²) in [6.07, 6.45) is -4.02. The van der Waals surface area contributed by atoms with Gasteiger partial charge in [0.25, 0.3) is 10.1 Å². The van der Waals surface area contributed by atoms with Crippen LogP contribution in [0.5, 0.6) is 0 Å². The maximum absolute atomic E-state index is 13.2. The second kappa shape index (κ2) is 11.2. The predicted molar refractivity (Wildman–Crippen MR) is 134 cm³/mol. The Bertz CT molecular complexity index is 1530. The van der Waals surface area contributed by atoms with Crippen LogP contribution >= 0.6 is 11.6 Å². The van der Waals surface area contributed by atoms with Crippen LogP contribution < -0.4 is 5.32 Å². The van der Waals surface area contributed by atoms with E-state index in [4.69, 9.17) is 30.0 Å². The van der Waals surface area contributed by atoms with Gasteiger partial charge in [0.05, 0.1) is 11.2 Å². The third-order valence-corrected chi connectivity index (χ3v) is 7.12. The molecule has 1 fully saturated rings. The molecule has 0 saturated carbocycles. The van der Waals surface area contributed by atoms with Crippen molar-refractivity contribution in [1.82, 2.24) is 19.5 Å². The van der Waals surface area contributed by atoms with Gasteiger partial charge in [0.15, 0.2) is 23.1 Å². The van der Waals surface area contributed by atoms with E-state index < -0.39 is 59.1 Å². The van der Waals surface area contributed by atoms with E-state index in [-0.39, 0.29) is 27.2 Å². The van der Waals surface area contributed by atoms with Crippen molar-refractivity contribution in [3.8, 4) is 0 Å². The zero-order valence-corrected chi connectivity index (χ0v) is 22.7. The summed E-state index contributed by atoms with van der Waals surface area (Å²) in [5.74, 6) is -2.00. The van der Waals surface area contributed by atoms with E-state index in [1.807, 2.05) is 0 Å². The summed E-state index contributed by atoms with van der Waals surface area (Å²) >= 11 is 6.23. The van der Waals surface area contributed by atoms with Crippen molar-refractivity contribution in [2.45, 2.75) is 57.1 Å². The number of benzene rings is 1. The van der Waals surface area contributed by atoms with Crippen LogP contribution in [0.4, 0.5) is 5.95 Å². The first kappa shape index (κ1) is 28.4. The molecule has 1 aromatic carbocycles. The number of hydrogen-bond acceptors (Lipinski definition) is 12. The van der Waals surface area contributed by atoms with Gasteiger partial charge in [-0.25, -0.2) is 4.98 Å². The van der Waals surface area contributed by atoms with Gasteiger partial charge in [0, 0.05) is 20.8 Å². The molecule has 4 rings (SSSR count). The molecule has 2 aromatic heterocycles. The smallest absolute Gasteiger partial charge is 0.303 e. The van der Waals surface area contributed by atoms with E-state index in [0.717, 1.165) is 12.5 Å². The van der Waals surface area contributed by atoms with Gasteiger partial charge in [-0.15, -0.1) is 0 Å². The number of anilines is 1. The van der Waals surface area contributed by atoms with Gasteiger partial charge in [-0.3, -0.25) is 28.5 Å². The summed E-state index contributed by atoms with van der Waals surface area (Å²) < 4.78 is 49.9. The number of hydrogen-bond donors (Lipinski definition) is 1. The third kappa shape index (κ3) is 6.33. The average Bonchev–Trinajstić information content (AvgIpc) is 3.39. The largest absolute Gasteiger partial charge is 0.463 e. The number of ether oxygens (including phenoxy) is 3. The molecule has 0 radical (unpaired) electrons. The van der Waals surface area contributed by atoms with Crippen LogP contribution in [0.1, 0.15) is 32.6 Å². The summed E-state index contributed by atoms with van der Waals surface area (Å²) in [4.78, 5) is 47.5. The van der Waals surface area contributed by atoms with Gasteiger partial charge >= 0.3 is 11.9 Å². The lowest BCUT2D eigenvalue weighted by molar-refractivity contribution is -0.155. The lowest BCUT2D eigenvalue weighted by Gasteiger charge is -2.24. The van der Waals surface area contributed by atoms with Crippen LogP contribution in [0.2, 0.25) is 5.15 Å². The second-order valence-corrected chi connectivity index (χ2v) is 10.5. The number of nitrogens with one attached hydrogen (secondary N) is 1. The Hall–Kier alpha value is -3.66. The molecule has 1 aliphatic rings. The van der Waals surface area contributed by atoms with Gasteiger partial charge in [0.2, 0.25) is 11.9 Å². The number of carbonyl (C=O) groups is 3. The Kier molecular flexibility index (Phi) is 8.15. The zero-order chi connectivity index (χ0) is 28.5. The molecule has 1 saturated heterocycles. The first-order chi connectivity index (χ1) is 18.4. The quantitative estimate of drug-likeness (QED) is 0.232. The zero-order valence-electron chi connectivity index (χ0n) is 21.2. The topological polar surface area (TPSA) is 178 Å². The van der Waals surface area contributed by atoms with E-state index in [0.29, 0.717) is 0 Å². The third-order valence-electron chi connectivity index (χ3n) is 5.53. The number of nitrogens with zero attached hydrogens (tertiary/aromatic N) is 4. The highest BCUT2D eigenvalue weighted by atomic mass is 35.5. The van der Waals surface area contributed by atoms with Crippen LogP contribution in [0, 0.1) is 6.92 Å².